The summed E-state index contributed by atoms with van der Waals surface area (Å²) in [6, 6.07) is 9.42. The van der Waals surface area contributed by atoms with Gasteiger partial charge in [-0.05, 0) is 18.6 Å². The first kappa shape index (κ1) is 15.5. The van der Waals surface area contributed by atoms with Gasteiger partial charge in [-0.15, -0.1) is 0 Å². The van der Waals surface area contributed by atoms with Crippen LogP contribution < -0.4 is 4.90 Å². The van der Waals surface area contributed by atoms with Gasteiger partial charge in [0.05, 0.1) is 5.75 Å². The number of benzene rings is 1. The lowest BCUT2D eigenvalue weighted by atomic mass is 10.2. The smallest absolute Gasteiger partial charge is 0.303 e. The van der Waals surface area contributed by atoms with E-state index in [4.69, 9.17) is 5.11 Å². The fourth-order valence-corrected chi connectivity index (χ4v) is 2.26. The lowest BCUT2D eigenvalue weighted by molar-refractivity contribution is -0.137. The molecule has 0 fully saturated rings. The Morgan fingerprint density at radius 1 is 1.21 bits per heavy atom. The molecule has 0 bridgehead atoms. The lowest BCUT2D eigenvalue weighted by Gasteiger charge is -2.24. The first-order valence-corrected chi connectivity index (χ1v) is 8.14. The van der Waals surface area contributed by atoms with E-state index in [-0.39, 0.29) is 12.2 Å². The molecule has 0 heterocycles. The molecule has 0 saturated carbocycles. The van der Waals surface area contributed by atoms with Gasteiger partial charge in [0.25, 0.3) is 0 Å². The molecule has 0 aliphatic rings. The van der Waals surface area contributed by atoms with Gasteiger partial charge in [0, 0.05) is 31.5 Å². The molecule has 0 aliphatic carbocycles. The van der Waals surface area contributed by atoms with Gasteiger partial charge in [0.1, 0.15) is 9.84 Å². The Labute approximate surface area is 113 Å². The SMILES string of the molecule is CS(=O)(=O)CCN(CCCC(=O)O)c1ccccc1. The molecule has 0 aliphatic heterocycles. The van der Waals surface area contributed by atoms with Gasteiger partial charge in [-0.2, -0.15) is 0 Å². The molecule has 0 aromatic heterocycles. The van der Waals surface area contributed by atoms with Crippen molar-refractivity contribution in [2.24, 2.45) is 0 Å². The van der Waals surface area contributed by atoms with Gasteiger partial charge in [-0.3, -0.25) is 4.79 Å². The topological polar surface area (TPSA) is 74.7 Å². The van der Waals surface area contributed by atoms with E-state index in [1.165, 1.54) is 6.26 Å². The van der Waals surface area contributed by atoms with Gasteiger partial charge < -0.3 is 10.0 Å². The molecule has 1 rings (SSSR count). The second-order valence-electron chi connectivity index (χ2n) is 4.45. The van der Waals surface area contributed by atoms with Crippen molar-refractivity contribution in [1.82, 2.24) is 0 Å². The van der Waals surface area contributed by atoms with Crippen molar-refractivity contribution in [2.75, 3.05) is 30.0 Å². The Kier molecular flexibility index (Phi) is 5.82. The third-order valence-electron chi connectivity index (χ3n) is 2.67. The Morgan fingerprint density at radius 3 is 2.37 bits per heavy atom. The third-order valence-corrected chi connectivity index (χ3v) is 3.60. The van der Waals surface area contributed by atoms with E-state index in [0.717, 1.165) is 5.69 Å². The molecule has 1 aromatic rings. The summed E-state index contributed by atoms with van der Waals surface area (Å²) in [6.07, 6.45) is 1.78. The number of carboxylic acid groups (broad SMARTS) is 1. The zero-order chi connectivity index (χ0) is 14.3. The highest BCUT2D eigenvalue weighted by atomic mass is 32.2. The van der Waals surface area contributed by atoms with Crippen molar-refractivity contribution in [3.05, 3.63) is 30.3 Å². The number of hydrogen-bond acceptors (Lipinski definition) is 4. The summed E-state index contributed by atoms with van der Waals surface area (Å²) < 4.78 is 22.5. The fourth-order valence-electron chi connectivity index (χ4n) is 1.71. The molecule has 1 N–H and O–H groups in total. The van der Waals surface area contributed by atoms with Crippen LogP contribution in [0.25, 0.3) is 0 Å². The summed E-state index contributed by atoms with van der Waals surface area (Å²) >= 11 is 0. The van der Waals surface area contributed by atoms with Crippen LogP contribution in [-0.4, -0.2) is 44.6 Å². The third kappa shape index (κ3) is 6.81. The molecule has 0 radical (unpaired) electrons. The number of para-hydroxylation sites is 1. The van der Waals surface area contributed by atoms with Crippen LogP contribution in [0.4, 0.5) is 5.69 Å². The lowest BCUT2D eigenvalue weighted by Crippen LogP contribution is -2.30. The van der Waals surface area contributed by atoms with Crippen molar-refractivity contribution in [3.8, 4) is 0 Å². The molecular weight excluding hydrogens is 266 g/mol. The first-order valence-electron chi connectivity index (χ1n) is 6.08. The van der Waals surface area contributed by atoms with Crippen molar-refractivity contribution in [2.45, 2.75) is 12.8 Å². The number of rotatable bonds is 8. The minimum atomic E-state index is -3.03. The number of carbonyl (C=O) groups is 1. The maximum atomic E-state index is 11.2. The largest absolute Gasteiger partial charge is 0.481 e. The first-order chi connectivity index (χ1) is 8.88. The van der Waals surface area contributed by atoms with Gasteiger partial charge in [-0.1, -0.05) is 18.2 Å². The molecule has 106 valence electrons. The van der Waals surface area contributed by atoms with Crippen LogP contribution in [0.15, 0.2) is 30.3 Å². The molecule has 6 heteroatoms. The Hall–Kier alpha value is -1.56. The number of carboxylic acids is 1. The molecule has 0 amide bonds. The van der Waals surface area contributed by atoms with Crippen LogP contribution in [0, 0.1) is 0 Å². The second-order valence-corrected chi connectivity index (χ2v) is 6.71. The van der Waals surface area contributed by atoms with Crippen LogP contribution >= 0.6 is 0 Å². The maximum absolute atomic E-state index is 11.2. The predicted molar refractivity (Wildman–Crippen MR) is 75.2 cm³/mol. The van der Waals surface area contributed by atoms with Crippen molar-refractivity contribution in [3.63, 3.8) is 0 Å². The zero-order valence-corrected chi connectivity index (χ0v) is 11.8. The summed E-state index contributed by atoms with van der Waals surface area (Å²) in [7, 11) is -3.03. The molecule has 5 nitrogen and oxygen atoms in total. The van der Waals surface area contributed by atoms with Crippen molar-refractivity contribution < 1.29 is 18.3 Å². The highest BCUT2D eigenvalue weighted by molar-refractivity contribution is 7.90. The molecule has 1 aromatic carbocycles. The molecule has 0 saturated heterocycles. The number of anilines is 1. The second kappa shape index (κ2) is 7.13. The fraction of sp³-hybridized carbons (Fsp3) is 0.462. The van der Waals surface area contributed by atoms with E-state index in [0.29, 0.717) is 19.5 Å². The monoisotopic (exact) mass is 285 g/mol. The summed E-state index contributed by atoms with van der Waals surface area (Å²) in [5.41, 5.74) is 0.913. The Balaban J connectivity index is 2.65. The van der Waals surface area contributed by atoms with E-state index in [2.05, 4.69) is 0 Å². The zero-order valence-electron chi connectivity index (χ0n) is 10.9. The van der Waals surface area contributed by atoms with Gasteiger partial charge >= 0.3 is 5.97 Å². The van der Waals surface area contributed by atoms with Gasteiger partial charge in [0.2, 0.25) is 0 Å². The number of aliphatic carboxylic acids is 1. The maximum Gasteiger partial charge on any atom is 0.303 e. The quantitative estimate of drug-likeness (QED) is 0.781. The van der Waals surface area contributed by atoms with E-state index in [9.17, 15) is 13.2 Å². The number of sulfone groups is 1. The molecule has 0 spiro atoms. The number of nitrogens with zero attached hydrogens (tertiary/aromatic N) is 1. The summed E-state index contributed by atoms with van der Waals surface area (Å²) in [5.74, 6) is -0.772. The molecule has 19 heavy (non-hydrogen) atoms. The normalized spacial score (nSPS) is 11.2. The van der Waals surface area contributed by atoms with Gasteiger partial charge in [-0.25, -0.2) is 8.42 Å². The average molecular weight is 285 g/mol. The van der Waals surface area contributed by atoms with E-state index in [1.807, 2.05) is 35.2 Å². The minimum Gasteiger partial charge on any atom is -0.481 e. The summed E-state index contributed by atoms with van der Waals surface area (Å²) in [4.78, 5) is 12.4. The van der Waals surface area contributed by atoms with Crippen LogP contribution in [0.1, 0.15) is 12.8 Å². The number of hydrogen-bond donors (Lipinski definition) is 1. The molecule has 0 atom stereocenters. The predicted octanol–water partition coefficient (Wildman–Crippen LogP) is 1.40. The summed E-state index contributed by atoms with van der Waals surface area (Å²) in [5, 5.41) is 8.64. The average Bonchev–Trinajstić information content (AvgIpc) is 2.33. The van der Waals surface area contributed by atoms with E-state index >= 15 is 0 Å². The van der Waals surface area contributed by atoms with Crippen molar-refractivity contribution in [1.29, 1.82) is 0 Å². The van der Waals surface area contributed by atoms with Crippen LogP contribution in [-0.2, 0) is 14.6 Å². The standard InChI is InChI=1S/C13H19NO4S/c1-19(17,18)11-10-14(9-5-8-13(15)16)12-6-3-2-4-7-12/h2-4,6-7H,5,8-11H2,1H3,(H,15,16). The Bertz CT molecular complexity index is 499. The van der Waals surface area contributed by atoms with Crippen LogP contribution in [0.2, 0.25) is 0 Å². The van der Waals surface area contributed by atoms with Crippen LogP contribution in [0.5, 0.6) is 0 Å². The van der Waals surface area contributed by atoms with E-state index in [1.54, 1.807) is 0 Å². The van der Waals surface area contributed by atoms with Gasteiger partial charge in [0.15, 0.2) is 0 Å². The van der Waals surface area contributed by atoms with Crippen LogP contribution in [0.3, 0.4) is 0 Å². The summed E-state index contributed by atoms with van der Waals surface area (Å²) in [6.45, 7) is 0.911. The molecule has 0 unspecified atom stereocenters. The van der Waals surface area contributed by atoms with Crippen molar-refractivity contribution >= 4 is 21.5 Å². The Morgan fingerprint density at radius 2 is 1.84 bits per heavy atom. The highest BCUT2D eigenvalue weighted by Crippen LogP contribution is 2.14. The highest BCUT2D eigenvalue weighted by Gasteiger charge is 2.10. The minimum absolute atomic E-state index is 0.0645. The van der Waals surface area contributed by atoms with E-state index < -0.39 is 15.8 Å². The molecular formula is C13H19NO4S.